The maximum atomic E-state index is 6.04. The highest BCUT2D eigenvalue weighted by Gasteiger charge is 2.23. The molecule has 0 spiro atoms. The first kappa shape index (κ1) is 16.4. The summed E-state index contributed by atoms with van der Waals surface area (Å²) in [6.45, 7) is 5.50. The first-order valence-electron chi connectivity index (χ1n) is 8.42. The van der Waals surface area contributed by atoms with Crippen LogP contribution in [0.2, 0.25) is 0 Å². The molecular weight excluding hydrogens is 334 g/mol. The molecular formula is C19H21N3O2S. The molecule has 1 unspecified atom stereocenters. The van der Waals surface area contributed by atoms with E-state index in [0.717, 1.165) is 37.7 Å². The normalized spacial score (nSPS) is 18.6. The lowest BCUT2D eigenvalue weighted by Crippen LogP contribution is -2.37. The van der Waals surface area contributed by atoms with Crippen molar-refractivity contribution in [3.8, 4) is 5.75 Å². The van der Waals surface area contributed by atoms with Gasteiger partial charge in [-0.15, -0.1) is 5.10 Å². The fourth-order valence-corrected chi connectivity index (χ4v) is 3.89. The van der Waals surface area contributed by atoms with Crippen molar-refractivity contribution in [2.45, 2.75) is 19.6 Å². The Bertz CT molecular complexity index is 880. The van der Waals surface area contributed by atoms with Crippen LogP contribution in [0.15, 0.2) is 36.4 Å². The van der Waals surface area contributed by atoms with Crippen LogP contribution >= 0.6 is 11.5 Å². The molecule has 0 bridgehead atoms. The Morgan fingerprint density at radius 1 is 1.24 bits per heavy atom. The van der Waals surface area contributed by atoms with Crippen LogP contribution in [0.4, 0.5) is 0 Å². The standard InChI is InChI=1S/C19H21N3O2S/c1-13-19(25-21-20-13)12-22-7-8-24-18(11-22)16-4-3-15-10-17(23-2)6-5-14(15)9-16/h3-6,9-10,18H,7-8,11-12H2,1-2H3. The molecule has 5 nitrogen and oxygen atoms in total. The predicted molar refractivity (Wildman–Crippen MR) is 99.1 cm³/mol. The number of aromatic nitrogens is 2. The van der Waals surface area contributed by atoms with E-state index in [0.29, 0.717) is 0 Å². The molecule has 0 radical (unpaired) electrons. The number of ether oxygens (including phenoxy) is 2. The molecule has 0 aliphatic carbocycles. The summed E-state index contributed by atoms with van der Waals surface area (Å²) in [5, 5.41) is 6.50. The second kappa shape index (κ2) is 7.07. The van der Waals surface area contributed by atoms with E-state index in [9.17, 15) is 0 Å². The molecule has 1 aliphatic heterocycles. The number of aryl methyl sites for hydroxylation is 1. The van der Waals surface area contributed by atoms with Gasteiger partial charge in [0.1, 0.15) is 5.75 Å². The minimum Gasteiger partial charge on any atom is -0.497 e. The van der Waals surface area contributed by atoms with Gasteiger partial charge in [-0.25, -0.2) is 0 Å². The first-order valence-corrected chi connectivity index (χ1v) is 9.20. The van der Waals surface area contributed by atoms with Crippen LogP contribution in [-0.4, -0.2) is 41.3 Å². The highest BCUT2D eigenvalue weighted by molar-refractivity contribution is 7.05. The van der Waals surface area contributed by atoms with Crippen molar-refractivity contribution >= 4 is 22.3 Å². The summed E-state index contributed by atoms with van der Waals surface area (Å²) < 4.78 is 15.4. The quantitative estimate of drug-likeness (QED) is 0.716. The molecule has 25 heavy (non-hydrogen) atoms. The van der Waals surface area contributed by atoms with E-state index in [4.69, 9.17) is 9.47 Å². The smallest absolute Gasteiger partial charge is 0.119 e. The molecule has 4 rings (SSSR count). The number of rotatable bonds is 4. The third-order valence-corrected chi connectivity index (χ3v) is 5.51. The first-order chi connectivity index (χ1) is 12.2. The Hall–Kier alpha value is -2.02. The SMILES string of the molecule is COc1ccc2cc(C3CN(Cc4snnc4C)CCO3)ccc2c1. The third kappa shape index (κ3) is 3.51. The Balaban J connectivity index is 1.52. The molecule has 6 heteroatoms. The van der Waals surface area contributed by atoms with Crippen LogP contribution in [0.5, 0.6) is 5.75 Å². The number of morpholine rings is 1. The zero-order valence-electron chi connectivity index (χ0n) is 14.4. The van der Waals surface area contributed by atoms with E-state index in [2.05, 4.69) is 44.8 Å². The summed E-state index contributed by atoms with van der Waals surface area (Å²) in [4.78, 5) is 3.67. The molecule has 2 heterocycles. The minimum absolute atomic E-state index is 0.0986. The average Bonchev–Trinajstić information content (AvgIpc) is 3.05. The van der Waals surface area contributed by atoms with Crippen LogP contribution in [0.3, 0.4) is 0 Å². The van der Waals surface area contributed by atoms with Gasteiger partial charge in [-0.2, -0.15) is 0 Å². The van der Waals surface area contributed by atoms with Gasteiger partial charge in [-0.3, -0.25) is 4.90 Å². The lowest BCUT2D eigenvalue weighted by atomic mass is 10.0. The van der Waals surface area contributed by atoms with Crippen LogP contribution in [-0.2, 0) is 11.3 Å². The summed E-state index contributed by atoms with van der Waals surface area (Å²) in [6.07, 6.45) is 0.0986. The van der Waals surface area contributed by atoms with Crippen molar-refractivity contribution in [2.75, 3.05) is 26.8 Å². The Kier molecular flexibility index (Phi) is 4.65. The number of benzene rings is 2. The van der Waals surface area contributed by atoms with Gasteiger partial charge in [0.05, 0.1) is 30.4 Å². The molecule has 0 amide bonds. The molecule has 1 saturated heterocycles. The van der Waals surface area contributed by atoms with Crippen molar-refractivity contribution in [3.63, 3.8) is 0 Å². The second-order valence-electron chi connectivity index (χ2n) is 6.35. The summed E-state index contributed by atoms with van der Waals surface area (Å²) in [6, 6.07) is 12.7. The zero-order chi connectivity index (χ0) is 17.2. The molecule has 1 fully saturated rings. The van der Waals surface area contributed by atoms with Gasteiger partial charge in [0, 0.05) is 19.6 Å². The lowest BCUT2D eigenvalue weighted by molar-refractivity contribution is -0.0326. The highest BCUT2D eigenvalue weighted by Crippen LogP contribution is 2.28. The maximum absolute atomic E-state index is 6.04. The van der Waals surface area contributed by atoms with E-state index >= 15 is 0 Å². The van der Waals surface area contributed by atoms with E-state index in [1.165, 1.54) is 32.7 Å². The Labute approximate surface area is 151 Å². The van der Waals surface area contributed by atoms with Crippen molar-refractivity contribution in [2.24, 2.45) is 0 Å². The molecule has 130 valence electrons. The monoisotopic (exact) mass is 355 g/mol. The largest absolute Gasteiger partial charge is 0.497 e. The van der Waals surface area contributed by atoms with Gasteiger partial charge in [0.15, 0.2) is 0 Å². The number of hydrogen-bond donors (Lipinski definition) is 0. The van der Waals surface area contributed by atoms with Gasteiger partial charge >= 0.3 is 0 Å². The molecule has 0 N–H and O–H groups in total. The van der Waals surface area contributed by atoms with Crippen molar-refractivity contribution < 1.29 is 9.47 Å². The summed E-state index contributed by atoms with van der Waals surface area (Å²) in [5.41, 5.74) is 2.26. The number of methoxy groups -OCH3 is 1. The van der Waals surface area contributed by atoms with Gasteiger partial charge in [0.2, 0.25) is 0 Å². The fraction of sp³-hybridized carbons (Fsp3) is 0.368. The number of nitrogens with zero attached hydrogens (tertiary/aromatic N) is 3. The molecule has 2 aromatic carbocycles. The summed E-state index contributed by atoms with van der Waals surface area (Å²) >= 11 is 1.49. The molecule has 1 atom stereocenters. The van der Waals surface area contributed by atoms with Crippen molar-refractivity contribution in [1.29, 1.82) is 0 Å². The van der Waals surface area contributed by atoms with Gasteiger partial charge < -0.3 is 9.47 Å². The van der Waals surface area contributed by atoms with Crippen LogP contribution < -0.4 is 4.74 Å². The second-order valence-corrected chi connectivity index (χ2v) is 7.19. The predicted octanol–water partition coefficient (Wildman–Crippen LogP) is 3.58. The van der Waals surface area contributed by atoms with Crippen molar-refractivity contribution in [3.05, 3.63) is 52.5 Å². The van der Waals surface area contributed by atoms with Crippen molar-refractivity contribution in [1.82, 2.24) is 14.5 Å². The van der Waals surface area contributed by atoms with Crippen LogP contribution in [0.25, 0.3) is 10.8 Å². The molecule has 0 saturated carbocycles. The third-order valence-electron chi connectivity index (χ3n) is 4.71. The number of hydrogen-bond acceptors (Lipinski definition) is 6. The van der Waals surface area contributed by atoms with Gasteiger partial charge in [-0.1, -0.05) is 22.7 Å². The van der Waals surface area contributed by atoms with E-state index in [1.54, 1.807) is 7.11 Å². The minimum atomic E-state index is 0.0986. The van der Waals surface area contributed by atoms with Crippen LogP contribution in [0, 0.1) is 6.92 Å². The summed E-state index contributed by atoms with van der Waals surface area (Å²) in [7, 11) is 1.69. The maximum Gasteiger partial charge on any atom is 0.119 e. The summed E-state index contributed by atoms with van der Waals surface area (Å²) in [5.74, 6) is 0.883. The topological polar surface area (TPSA) is 47.5 Å². The molecule has 1 aromatic heterocycles. The Morgan fingerprint density at radius 3 is 2.88 bits per heavy atom. The van der Waals surface area contributed by atoms with Crippen LogP contribution in [0.1, 0.15) is 22.2 Å². The fourth-order valence-electron chi connectivity index (χ4n) is 3.22. The Morgan fingerprint density at radius 2 is 2.08 bits per heavy atom. The van der Waals surface area contributed by atoms with E-state index in [-0.39, 0.29) is 6.10 Å². The molecule has 1 aliphatic rings. The zero-order valence-corrected chi connectivity index (χ0v) is 15.3. The van der Waals surface area contributed by atoms with Gasteiger partial charge in [0.25, 0.3) is 0 Å². The highest BCUT2D eigenvalue weighted by atomic mass is 32.1. The van der Waals surface area contributed by atoms with E-state index in [1.807, 2.05) is 13.0 Å². The van der Waals surface area contributed by atoms with Gasteiger partial charge in [-0.05, 0) is 53.0 Å². The number of fused-ring (bicyclic) bond motifs is 1. The lowest BCUT2D eigenvalue weighted by Gasteiger charge is -2.33. The van der Waals surface area contributed by atoms with E-state index < -0.39 is 0 Å². The average molecular weight is 355 g/mol. The molecule has 3 aromatic rings.